The van der Waals surface area contributed by atoms with Gasteiger partial charge >= 0.3 is 34.4 Å². The van der Waals surface area contributed by atoms with Gasteiger partial charge in [-0.1, -0.05) is 36.0 Å². The summed E-state index contributed by atoms with van der Waals surface area (Å²) in [4.78, 5) is 20.2. The van der Waals surface area contributed by atoms with Crippen LogP contribution in [0.4, 0.5) is 4.79 Å². The van der Waals surface area contributed by atoms with E-state index in [4.69, 9.17) is 5.11 Å². The number of amides is 1. The molecule has 1 heterocycles. The Hall–Kier alpha value is -2.16. The molecule has 0 bridgehead atoms. The summed E-state index contributed by atoms with van der Waals surface area (Å²) in [5.41, 5.74) is 6.01. The fraction of sp³-hybridized carbons (Fsp3) is 0.167. The minimum Gasteiger partial charge on any atom is -0.481 e. The first kappa shape index (κ1) is 18.8. The van der Waals surface area contributed by atoms with Gasteiger partial charge in [0.1, 0.15) is 6.61 Å². The minimum atomic E-state index is -0.831. The summed E-state index contributed by atoms with van der Waals surface area (Å²) in [6.07, 6.45) is 1.72. The number of carboxylic acid groups (broad SMARTS) is 1. The summed E-state index contributed by atoms with van der Waals surface area (Å²) in [7, 11) is 0. The van der Waals surface area contributed by atoms with Crippen molar-refractivity contribution in [2.75, 3.05) is 0 Å². The van der Waals surface area contributed by atoms with E-state index in [0.29, 0.717) is 5.69 Å². The second-order valence-corrected chi connectivity index (χ2v) is 3.57. The number of ether oxygens (including phenoxy) is 1. The zero-order chi connectivity index (χ0) is 14.8. The molecule has 9 heteroatoms. The van der Waals surface area contributed by atoms with Gasteiger partial charge in [0.2, 0.25) is 0 Å². The third-order valence-corrected chi connectivity index (χ3v) is 1.98. The van der Waals surface area contributed by atoms with Gasteiger partial charge in [0.05, 0.1) is 6.42 Å². The molecule has 0 saturated carbocycles. The number of aromatic amines is 1. The van der Waals surface area contributed by atoms with Crippen molar-refractivity contribution < 1.29 is 41.8 Å². The van der Waals surface area contributed by atoms with Crippen molar-refractivity contribution in [1.29, 1.82) is 0 Å². The maximum Gasteiger partial charge on any atom is 1.00 e. The molecule has 0 aliphatic carbocycles. The Labute approximate surface area is 136 Å². The van der Waals surface area contributed by atoms with Crippen molar-refractivity contribution in [2.24, 2.45) is 5.73 Å². The molecule has 0 radical (unpaired) electrons. The van der Waals surface area contributed by atoms with E-state index in [1.165, 1.54) is 0 Å². The Bertz CT molecular complexity index is 533. The van der Waals surface area contributed by atoms with Gasteiger partial charge in [-0.15, -0.1) is 5.21 Å². The van der Waals surface area contributed by atoms with Crippen molar-refractivity contribution >= 4 is 12.1 Å². The Morgan fingerprint density at radius 3 is 2.48 bits per heavy atom. The van der Waals surface area contributed by atoms with Crippen LogP contribution < -0.4 is 5.73 Å². The normalized spacial score (nSPS) is 8.76. The number of hydrogen-bond acceptors (Lipinski definition) is 5. The third kappa shape index (κ3) is 9.38. The molecule has 0 saturated heterocycles. The van der Waals surface area contributed by atoms with Gasteiger partial charge in [-0.25, -0.2) is 4.79 Å². The minimum absolute atomic E-state index is 0. The van der Waals surface area contributed by atoms with Crippen molar-refractivity contribution in [3.8, 4) is 0 Å². The van der Waals surface area contributed by atoms with E-state index in [0.717, 1.165) is 5.56 Å². The molecule has 0 atom stereocenters. The Morgan fingerprint density at radius 1 is 1.33 bits per heavy atom. The maximum atomic E-state index is 10.2. The van der Waals surface area contributed by atoms with Crippen molar-refractivity contribution in [2.45, 2.75) is 13.0 Å². The number of nitrogens with one attached hydrogen (secondary N) is 1. The van der Waals surface area contributed by atoms with Gasteiger partial charge in [-0.2, -0.15) is 0 Å². The number of primary amides is 1. The predicted octanol–water partition coefficient (Wildman–Crippen LogP) is 0.511. The molecule has 4 N–H and O–H groups in total. The molecule has 0 aliphatic heterocycles. The Kier molecular flexibility index (Phi) is 9.52. The number of carboxylic acids is 1. The van der Waals surface area contributed by atoms with E-state index < -0.39 is 12.1 Å². The number of rotatable bonds is 4. The SMILES string of the molecule is NC(=O)OCc1[c-]nn[nH]1.O=C(O)Cc1ccccc1.[Au+]. The van der Waals surface area contributed by atoms with Crippen molar-refractivity contribution in [3.63, 3.8) is 0 Å². The number of H-pyrrole nitrogens is 1. The molecule has 0 unspecified atom stereocenters. The summed E-state index contributed by atoms with van der Waals surface area (Å²) in [6.45, 7) is 0.0301. The van der Waals surface area contributed by atoms with Gasteiger partial charge in [0.25, 0.3) is 0 Å². The van der Waals surface area contributed by atoms with Crippen molar-refractivity contribution in [1.82, 2.24) is 15.4 Å². The summed E-state index contributed by atoms with van der Waals surface area (Å²) in [5.74, 6) is -0.786. The first-order chi connectivity index (χ1) is 9.58. The van der Waals surface area contributed by atoms with E-state index >= 15 is 0 Å². The van der Waals surface area contributed by atoms with Crippen LogP contribution in [-0.2, 0) is 44.9 Å². The van der Waals surface area contributed by atoms with E-state index in [-0.39, 0.29) is 35.4 Å². The zero-order valence-corrected chi connectivity index (χ0v) is 12.9. The van der Waals surface area contributed by atoms with Gasteiger partial charge in [0.15, 0.2) is 0 Å². The number of hydrogen-bond donors (Lipinski definition) is 3. The number of aromatic nitrogens is 3. The van der Waals surface area contributed by atoms with E-state index in [1.54, 1.807) is 12.1 Å². The molecule has 21 heavy (non-hydrogen) atoms. The van der Waals surface area contributed by atoms with Crippen LogP contribution in [0, 0.1) is 6.20 Å². The monoisotopic (exact) mass is 474 g/mol. The van der Waals surface area contributed by atoms with Crippen LogP contribution in [0.25, 0.3) is 0 Å². The van der Waals surface area contributed by atoms with Gasteiger partial charge < -0.3 is 26.9 Å². The molecule has 0 spiro atoms. The second kappa shape index (κ2) is 10.6. The number of aliphatic carboxylic acids is 1. The average molecular weight is 474 g/mol. The van der Waals surface area contributed by atoms with Crippen LogP contribution in [0.3, 0.4) is 0 Å². The molecule has 116 valence electrons. The first-order valence-electron chi connectivity index (χ1n) is 5.53. The topological polar surface area (TPSA) is 131 Å². The maximum absolute atomic E-state index is 10.2. The molecule has 2 aromatic rings. The summed E-state index contributed by atoms with van der Waals surface area (Å²) < 4.78 is 4.38. The van der Waals surface area contributed by atoms with Crippen LogP contribution in [0.1, 0.15) is 11.3 Å². The fourth-order valence-corrected chi connectivity index (χ4v) is 1.17. The summed E-state index contributed by atoms with van der Waals surface area (Å²) in [6, 6.07) is 9.13. The first-order valence-corrected chi connectivity index (χ1v) is 5.53. The van der Waals surface area contributed by atoms with Crippen LogP contribution in [0.15, 0.2) is 30.3 Å². The smallest absolute Gasteiger partial charge is 0.481 e. The van der Waals surface area contributed by atoms with Crippen molar-refractivity contribution in [3.05, 3.63) is 47.8 Å². The van der Waals surface area contributed by atoms with Crippen LogP contribution >= 0.6 is 0 Å². The third-order valence-electron chi connectivity index (χ3n) is 1.98. The standard InChI is InChI=1S/C8H8O2.C4H5N4O2.Au/c9-8(10)6-7-4-2-1-3-5-7;5-4(9)10-2-3-1-6-8-7-3;/h1-5H,6H2,(H,9,10);2H2,(H2,5,9)(H,6,7,8);/q;-1;+1. The molecule has 0 fully saturated rings. The molecular formula is C12H13AuN4O4. The molecular weight excluding hydrogens is 461 g/mol. The van der Waals surface area contributed by atoms with E-state index in [1.807, 2.05) is 18.2 Å². The van der Waals surface area contributed by atoms with Crippen LogP contribution in [-0.4, -0.2) is 32.6 Å². The molecule has 1 amide bonds. The Balaban J connectivity index is 0.000000364. The number of benzene rings is 1. The molecule has 0 aliphatic rings. The van der Waals surface area contributed by atoms with E-state index in [9.17, 15) is 9.59 Å². The van der Waals surface area contributed by atoms with Gasteiger partial charge in [0, 0.05) is 0 Å². The summed E-state index contributed by atoms with van der Waals surface area (Å²) >= 11 is 0. The number of carbonyl (C=O) groups excluding carboxylic acids is 1. The number of carbonyl (C=O) groups is 2. The molecule has 8 nitrogen and oxygen atoms in total. The zero-order valence-electron chi connectivity index (χ0n) is 10.7. The predicted molar refractivity (Wildman–Crippen MR) is 67.4 cm³/mol. The molecule has 2 rings (SSSR count). The Morgan fingerprint density at radius 2 is 2.00 bits per heavy atom. The largest absolute Gasteiger partial charge is 1.00 e. The number of nitrogens with two attached hydrogens (primary N) is 1. The van der Waals surface area contributed by atoms with Gasteiger partial charge in [-0.3, -0.25) is 9.89 Å². The quantitative estimate of drug-likeness (QED) is 0.438. The van der Waals surface area contributed by atoms with Gasteiger partial charge in [-0.05, 0) is 5.56 Å². The fourth-order valence-electron chi connectivity index (χ4n) is 1.17. The molecule has 1 aromatic heterocycles. The van der Waals surface area contributed by atoms with E-state index in [2.05, 4.69) is 32.1 Å². The second-order valence-electron chi connectivity index (χ2n) is 3.57. The van der Waals surface area contributed by atoms with Crippen LogP contribution in [0.2, 0.25) is 0 Å². The average Bonchev–Trinajstić information content (AvgIpc) is 2.90. The number of nitrogens with zero attached hydrogens (tertiary/aromatic N) is 2. The molecule has 1 aromatic carbocycles. The van der Waals surface area contributed by atoms with Crippen LogP contribution in [0.5, 0.6) is 0 Å². The summed E-state index contributed by atoms with van der Waals surface area (Å²) in [5, 5.41) is 17.5.